The first kappa shape index (κ1) is 9.45. The van der Waals surface area contributed by atoms with Crippen molar-refractivity contribution < 1.29 is 14.3 Å². The van der Waals surface area contributed by atoms with E-state index in [1.165, 1.54) is 0 Å². The Labute approximate surface area is 71.2 Å². The predicted molar refractivity (Wildman–Crippen MR) is 42.8 cm³/mol. The summed E-state index contributed by atoms with van der Waals surface area (Å²) < 4.78 is 12.6. The average Bonchev–Trinajstić information content (AvgIpc) is 2.04. The molecular weight excluding hydrogens is 161 g/mol. The fourth-order valence-electron chi connectivity index (χ4n) is 1.41. The third-order valence-electron chi connectivity index (χ3n) is 2.36. The summed E-state index contributed by atoms with van der Waals surface area (Å²) in [5.41, 5.74) is 0. The van der Waals surface area contributed by atoms with Crippen molar-refractivity contribution in [1.29, 1.82) is 0 Å². The van der Waals surface area contributed by atoms with E-state index < -0.39 is 18.2 Å². The summed E-state index contributed by atoms with van der Waals surface area (Å²) in [4.78, 5) is 12.3. The molecule has 0 amide bonds. The standard InChI is InChI=1S/C8H14FNO2/c1-6(8(11)12)10-4-2-7(9)3-5-10/h6-7H,2-5H2,1H3,(H,11,12)/t6-/m0/s1. The highest BCUT2D eigenvalue weighted by molar-refractivity contribution is 5.72. The second kappa shape index (κ2) is 3.85. The fourth-order valence-corrected chi connectivity index (χ4v) is 1.41. The molecule has 4 heteroatoms. The lowest BCUT2D eigenvalue weighted by Crippen LogP contribution is -2.44. The van der Waals surface area contributed by atoms with E-state index >= 15 is 0 Å². The number of hydrogen-bond acceptors (Lipinski definition) is 2. The molecule has 0 spiro atoms. The monoisotopic (exact) mass is 175 g/mol. The largest absolute Gasteiger partial charge is 0.480 e. The fraction of sp³-hybridized carbons (Fsp3) is 0.875. The van der Waals surface area contributed by atoms with E-state index in [9.17, 15) is 9.18 Å². The molecule has 0 unspecified atom stereocenters. The molecule has 1 atom stereocenters. The number of aliphatic carboxylic acids is 1. The van der Waals surface area contributed by atoms with Gasteiger partial charge in [-0.2, -0.15) is 0 Å². The van der Waals surface area contributed by atoms with Crippen LogP contribution in [0, 0.1) is 0 Å². The molecular formula is C8H14FNO2. The molecule has 0 radical (unpaired) electrons. The molecule has 70 valence electrons. The van der Waals surface area contributed by atoms with E-state index in [1.54, 1.807) is 11.8 Å². The molecule has 12 heavy (non-hydrogen) atoms. The lowest BCUT2D eigenvalue weighted by atomic mass is 10.1. The Bertz CT molecular complexity index is 166. The summed E-state index contributed by atoms with van der Waals surface area (Å²) in [6.07, 6.45) is 0.206. The van der Waals surface area contributed by atoms with Crippen LogP contribution >= 0.6 is 0 Å². The molecule has 0 saturated carbocycles. The Morgan fingerprint density at radius 1 is 1.58 bits per heavy atom. The molecule has 0 aromatic rings. The number of piperidine rings is 1. The predicted octanol–water partition coefficient (Wildman–Crippen LogP) is 0.893. The normalized spacial score (nSPS) is 23.8. The van der Waals surface area contributed by atoms with Crippen molar-refractivity contribution >= 4 is 5.97 Å². The van der Waals surface area contributed by atoms with Gasteiger partial charge in [-0.15, -0.1) is 0 Å². The van der Waals surface area contributed by atoms with Crippen molar-refractivity contribution in [3.05, 3.63) is 0 Å². The number of nitrogens with zero attached hydrogens (tertiary/aromatic N) is 1. The van der Waals surface area contributed by atoms with Gasteiger partial charge < -0.3 is 5.11 Å². The molecule has 0 aliphatic carbocycles. The minimum absolute atomic E-state index is 0.470. The zero-order valence-corrected chi connectivity index (χ0v) is 7.16. The minimum atomic E-state index is -0.827. The molecule has 1 aliphatic rings. The van der Waals surface area contributed by atoms with Crippen LogP contribution in [0.3, 0.4) is 0 Å². The van der Waals surface area contributed by atoms with Crippen molar-refractivity contribution in [2.45, 2.75) is 32.0 Å². The van der Waals surface area contributed by atoms with Gasteiger partial charge in [0.1, 0.15) is 12.2 Å². The van der Waals surface area contributed by atoms with Gasteiger partial charge in [0.2, 0.25) is 0 Å². The molecule has 1 fully saturated rings. The second-order valence-corrected chi connectivity index (χ2v) is 3.22. The maximum atomic E-state index is 12.6. The van der Waals surface area contributed by atoms with Gasteiger partial charge in [0.15, 0.2) is 0 Å². The van der Waals surface area contributed by atoms with Crippen LogP contribution < -0.4 is 0 Å². The Morgan fingerprint density at radius 3 is 2.50 bits per heavy atom. The molecule has 1 N–H and O–H groups in total. The Morgan fingerprint density at radius 2 is 2.08 bits per heavy atom. The zero-order valence-electron chi connectivity index (χ0n) is 7.16. The summed E-state index contributed by atoms with van der Waals surface area (Å²) >= 11 is 0. The smallest absolute Gasteiger partial charge is 0.320 e. The van der Waals surface area contributed by atoms with Crippen LogP contribution in [-0.2, 0) is 4.79 Å². The van der Waals surface area contributed by atoms with Gasteiger partial charge in [-0.05, 0) is 19.8 Å². The third kappa shape index (κ3) is 2.17. The van der Waals surface area contributed by atoms with E-state index in [-0.39, 0.29) is 0 Å². The van der Waals surface area contributed by atoms with Crippen LogP contribution in [0.5, 0.6) is 0 Å². The van der Waals surface area contributed by atoms with E-state index in [1.807, 2.05) is 0 Å². The number of halogens is 1. The Balaban J connectivity index is 2.39. The number of carboxylic acid groups (broad SMARTS) is 1. The molecule has 1 saturated heterocycles. The molecule has 0 aromatic heterocycles. The molecule has 1 aliphatic heterocycles. The van der Waals surface area contributed by atoms with E-state index in [2.05, 4.69) is 0 Å². The van der Waals surface area contributed by atoms with Crippen molar-refractivity contribution in [2.24, 2.45) is 0 Å². The van der Waals surface area contributed by atoms with E-state index in [0.29, 0.717) is 25.9 Å². The molecule has 1 heterocycles. The van der Waals surface area contributed by atoms with Gasteiger partial charge in [0, 0.05) is 13.1 Å². The number of carboxylic acids is 1. The van der Waals surface area contributed by atoms with Crippen LogP contribution in [-0.4, -0.2) is 41.3 Å². The minimum Gasteiger partial charge on any atom is -0.480 e. The number of alkyl halides is 1. The summed E-state index contributed by atoms with van der Waals surface area (Å²) in [5.74, 6) is -0.827. The molecule has 1 rings (SSSR count). The van der Waals surface area contributed by atoms with E-state index in [4.69, 9.17) is 5.11 Å². The lowest BCUT2D eigenvalue weighted by Gasteiger charge is -2.31. The van der Waals surface area contributed by atoms with Gasteiger partial charge in [-0.1, -0.05) is 0 Å². The highest BCUT2D eigenvalue weighted by Gasteiger charge is 2.25. The Kier molecular flexibility index (Phi) is 3.03. The van der Waals surface area contributed by atoms with Crippen molar-refractivity contribution in [3.63, 3.8) is 0 Å². The Hall–Kier alpha value is -0.640. The van der Waals surface area contributed by atoms with Crippen LogP contribution in [0.25, 0.3) is 0 Å². The number of hydrogen-bond donors (Lipinski definition) is 1. The highest BCUT2D eigenvalue weighted by Crippen LogP contribution is 2.15. The lowest BCUT2D eigenvalue weighted by molar-refractivity contribution is -0.143. The quantitative estimate of drug-likeness (QED) is 0.677. The molecule has 3 nitrogen and oxygen atoms in total. The van der Waals surface area contributed by atoms with Crippen molar-refractivity contribution in [1.82, 2.24) is 4.90 Å². The third-order valence-corrected chi connectivity index (χ3v) is 2.36. The van der Waals surface area contributed by atoms with Gasteiger partial charge in [-0.25, -0.2) is 4.39 Å². The molecule has 0 aromatic carbocycles. The molecule has 0 bridgehead atoms. The highest BCUT2D eigenvalue weighted by atomic mass is 19.1. The first-order chi connectivity index (χ1) is 5.61. The van der Waals surface area contributed by atoms with Gasteiger partial charge >= 0.3 is 5.97 Å². The van der Waals surface area contributed by atoms with Gasteiger partial charge in [-0.3, -0.25) is 9.69 Å². The van der Waals surface area contributed by atoms with Gasteiger partial charge in [0.05, 0.1) is 0 Å². The van der Waals surface area contributed by atoms with E-state index in [0.717, 1.165) is 0 Å². The number of likely N-dealkylation sites (tertiary alicyclic amines) is 1. The summed E-state index contributed by atoms with van der Waals surface area (Å²) in [5, 5.41) is 8.66. The maximum Gasteiger partial charge on any atom is 0.320 e. The summed E-state index contributed by atoms with van der Waals surface area (Å²) in [6, 6.07) is -0.475. The first-order valence-corrected chi connectivity index (χ1v) is 4.22. The van der Waals surface area contributed by atoms with Crippen LogP contribution in [0.1, 0.15) is 19.8 Å². The summed E-state index contributed by atoms with van der Waals surface area (Å²) in [6.45, 7) is 2.77. The van der Waals surface area contributed by atoms with Crippen molar-refractivity contribution in [2.75, 3.05) is 13.1 Å². The first-order valence-electron chi connectivity index (χ1n) is 4.22. The van der Waals surface area contributed by atoms with Crippen LogP contribution in [0.4, 0.5) is 4.39 Å². The van der Waals surface area contributed by atoms with Crippen LogP contribution in [0.15, 0.2) is 0 Å². The zero-order chi connectivity index (χ0) is 9.14. The SMILES string of the molecule is C[C@@H](C(=O)O)N1CCC(F)CC1. The van der Waals surface area contributed by atoms with Crippen LogP contribution in [0.2, 0.25) is 0 Å². The summed E-state index contributed by atoms with van der Waals surface area (Å²) in [7, 11) is 0. The average molecular weight is 175 g/mol. The van der Waals surface area contributed by atoms with Crippen molar-refractivity contribution in [3.8, 4) is 0 Å². The number of rotatable bonds is 2. The maximum absolute atomic E-state index is 12.6. The van der Waals surface area contributed by atoms with Gasteiger partial charge in [0.25, 0.3) is 0 Å². The number of carbonyl (C=O) groups is 1. The topological polar surface area (TPSA) is 40.5 Å². The second-order valence-electron chi connectivity index (χ2n) is 3.22.